The molecule has 8 heteroatoms. The van der Waals surface area contributed by atoms with Crippen LogP contribution in [0.5, 0.6) is 5.75 Å². The van der Waals surface area contributed by atoms with Gasteiger partial charge in [0, 0.05) is 18.2 Å². The summed E-state index contributed by atoms with van der Waals surface area (Å²) < 4.78 is 13.7. The molecule has 0 aliphatic carbocycles. The first-order chi connectivity index (χ1) is 11.7. The molecule has 134 valence electrons. The highest BCUT2D eigenvalue weighted by molar-refractivity contribution is 8.11. The predicted octanol–water partition coefficient (Wildman–Crippen LogP) is 2.83. The summed E-state index contributed by atoms with van der Waals surface area (Å²) in [5, 5.41) is 8.39. The van der Waals surface area contributed by atoms with Gasteiger partial charge in [0.2, 0.25) is 11.8 Å². The molecule has 1 aromatic rings. The summed E-state index contributed by atoms with van der Waals surface area (Å²) in [6.45, 7) is 0. The van der Waals surface area contributed by atoms with Crippen molar-refractivity contribution >= 4 is 23.3 Å². The van der Waals surface area contributed by atoms with Crippen LogP contribution in [-0.2, 0) is 14.0 Å². The highest BCUT2D eigenvalue weighted by Gasteiger charge is 2.17. The lowest BCUT2D eigenvalue weighted by Crippen LogP contribution is -2.17. The van der Waals surface area contributed by atoms with Crippen molar-refractivity contribution in [3.63, 3.8) is 0 Å². The Bertz CT molecular complexity index is 550. The van der Waals surface area contributed by atoms with E-state index in [0.29, 0.717) is 12.3 Å². The van der Waals surface area contributed by atoms with Crippen LogP contribution in [0.3, 0.4) is 0 Å². The molecule has 0 spiro atoms. The minimum atomic E-state index is -0.811. The third kappa shape index (κ3) is 6.31. The average molecular weight is 356 g/mol. The normalized spacial score (nSPS) is 19.6. The van der Waals surface area contributed by atoms with E-state index in [1.54, 1.807) is 12.6 Å². The number of hydrogen-bond donors (Lipinski definition) is 4. The minimum Gasteiger partial charge on any atom is -0.497 e. The number of carbonyl (C=O) groups is 1. The molecule has 7 nitrogen and oxygen atoms in total. The van der Waals surface area contributed by atoms with Crippen molar-refractivity contribution in [3.8, 4) is 5.75 Å². The SMILES string of the molecule is COc1ccc(/C=C2/N[SH](CCCCCCC(=O)NO)OO2)cc1. The van der Waals surface area contributed by atoms with E-state index in [9.17, 15) is 4.79 Å². The lowest BCUT2D eigenvalue weighted by atomic mass is 10.1. The van der Waals surface area contributed by atoms with Crippen LogP contribution in [0.25, 0.3) is 6.08 Å². The van der Waals surface area contributed by atoms with Gasteiger partial charge in [0.05, 0.1) is 7.11 Å². The highest BCUT2D eigenvalue weighted by atomic mass is 32.2. The van der Waals surface area contributed by atoms with Gasteiger partial charge in [-0.15, -0.1) is 4.33 Å². The van der Waals surface area contributed by atoms with E-state index in [0.717, 1.165) is 42.7 Å². The molecule has 1 amide bonds. The molecule has 24 heavy (non-hydrogen) atoms. The number of thiol groups is 1. The molecular weight excluding hydrogens is 332 g/mol. The van der Waals surface area contributed by atoms with Crippen molar-refractivity contribution < 1.29 is 24.0 Å². The molecule has 1 aromatic carbocycles. The first-order valence-corrected chi connectivity index (χ1v) is 9.33. The Hall–Kier alpha value is -1.90. The summed E-state index contributed by atoms with van der Waals surface area (Å²) in [7, 11) is 1.64. The van der Waals surface area contributed by atoms with Crippen molar-refractivity contribution in [2.24, 2.45) is 0 Å². The fourth-order valence-corrected chi connectivity index (χ4v) is 3.45. The van der Waals surface area contributed by atoms with Gasteiger partial charge in [0.15, 0.2) is 0 Å². The smallest absolute Gasteiger partial charge is 0.243 e. The van der Waals surface area contributed by atoms with Gasteiger partial charge >= 0.3 is 0 Å². The van der Waals surface area contributed by atoms with E-state index in [4.69, 9.17) is 19.2 Å². The zero-order valence-corrected chi connectivity index (χ0v) is 14.6. The molecule has 1 fully saturated rings. The Kier molecular flexibility index (Phi) is 7.73. The molecular formula is C16H24N2O5S. The molecule has 1 aliphatic rings. The predicted molar refractivity (Wildman–Crippen MR) is 93.1 cm³/mol. The van der Waals surface area contributed by atoms with Crippen LogP contribution in [0.4, 0.5) is 0 Å². The lowest BCUT2D eigenvalue weighted by Gasteiger charge is -2.09. The van der Waals surface area contributed by atoms with E-state index >= 15 is 0 Å². The third-order valence-electron chi connectivity index (χ3n) is 3.51. The van der Waals surface area contributed by atoms with E-state index in [2.05, 4.69) is 4.72 Å². The van der Waals surface area contributed by atoms with Crippen LogP contribution >= 0.6 is 11.4 Å². The summed E-state index contributed by atoms with van der Waals surface area (Å²) in [6.07, 6.45) is 5.98. The maximum Gasteiger partial charge on any atom is 0.243 e. The zero-order chi connectivity index (χ0) is 17.2. The first-order valence-electron chi connectivity index (χ1n) is 7.89. The molecule has 0 bridgehead atoms. The fourth-order valence-electron chi connectivity index (χ4n) is 2.20. The maximum absolute atomic E-state index is 10.9. The number of carbonyl (C=O) groups excluding carboxylic acids is 1. The van der Waals surface area contributed by atoms with Crippen molar-refractivity contribution in [2.45, 2.75) is 32.1 Å². The molecule has 1 atom stereocenters. The first kappa shape index (κ1) is 18.4. The van der Waals surface area contributed by atoms with Gasteiger partial charge in [-0.25, -0.2) is 5.48 Å². The summed E-state index contributed by atoms with van der Waals surface area (Å²) in [4.78, 5) is 16.1. The maximum atomic E-state index is 10.9. The van der Waals surface area contributed by atoms with Gasteiger partial charge in [-0.3, -0.25) is 14.7 Å². The van der Waals surface area contributed by atoms with Gasteiger partial charge < -0.3 is 9.62 Å². The number of ether oxygens (including phenoxy) is 1. The summed E-state index contributed by atoms with van der Waals surface area (Å²) in [5.74, 6) is 1.99. The minimum absolute atomic E-state index is 0.332. The average Bonchev–Trinajstić information content (AvgIpc) is 3.05. The van der Waals surface area contributed by atoms with Crippen LogP contribution in [0, 0.1) is 0 Å². The van der Waals surface area contributed by atoms with E-state index < -0.39 is 11.4 Å². The van der Waals surface area contributed by atoms with Gasteiger partial charge in [-0.2, -0.15) is 0 Å². The second-order valence-electron chi connectivity index (χ2n) is 5.35. The van der Waals surface area contributed by atoms with Crippen molar-refractivity contribution in [1.82, 2.24) is 10.2 Å². The number of amides is 1. The second kappa shape index (κ2) is 10.1. The van der Waals surface area contributed by atoms with Gasteiger partial charge in [0.1, 0.15) is 5.75 Å². The Balaban J connectivity index is 1.63. The van der Waals surface area contributed by atoms with Crippen LogP contribution < -0.4 is 14.9 Å². The standard InChI is InChI=1S/C16H24N2O5S/c1-21-14-9-7-13(8-10-14)12-16-18-24(23-22-16)11-5-3-2-4-6-15(19)17-20/h7-10,12,18,20,24H,2-6,11H2,1H3,(H,17,19)/b16-12-. The number of rotatable bonds is 9. The largest absolute Gasteiger partial charge is 0.497 e. The van der Waals surface area contributed by atoms with Gasteiger partial charge in [-0.05, 0) is 41.9 Å². The molecule has 3 N–H and O–H groups in total. The molecule has 1 heterocycles. The van der Waals surface area contributed by atoms with Crippen molar-refractivity contribution in [3.05, 3.63) is 35.7 Å². The van der Waals surface area contributed by atoms with Crippen LogP contribution in [-0.4, -0.2) is 24.0 Å². The molecule has 1 unspecified atom stereocenters. The van der Waals surface area contributed by atoms with Crippen LogP contribution in [0.2, 0.25) is 0 Å². The van der Waals surface area contributed by atoms with Crippen LogP contribution in [0.15, 0.2) is 30.1 Å². The molecule has 1 saturated heterocycles. The number of nitrogens with one attached hydrogen (secondary N) is 2. The number of benzene rings is 1. The number of methoxy groups -OCH3 is 1. The number of unbranched alkanes of at least 4 members (excludes halogenated alkanes) is 3. The molecule has 1 aliphatic heterocycles. The summed E-state index contributed by atoms with van der Waals surface area (Å²) in [5.41, 5.74) is 2.64. The number of hydrogen-bond acceptors (Lipinski definition) is 6. The Morgan fingerprint density at radius 2 is 2.04 bits per heavy atom. The highest BCUT2D eigenvalue weighted by Crippen LogP contribution is 2.33. The van der Waals surface area contributed by atoms with Gasteiger partial charge in [0.25, 0.3) is 0 Å². The Labute approximate surface area is 144 Å². The van der Waals surface area contributed by atoms with Gasteiger partial charge in [-0.1, -0.05) is 25.0 Å². The molecule has 2 rings (SSSR count). The van der Waals surface area contributed by atoms with Crippen LogP contribution in [0.1, 0.15) is 37.7 Å². The van der Waals surface area contributed by atoms with Crippen molar-refractivity contribution in [2.75, 3.05) is 12.9 Å². The quantitative estimate of drug-likeness (QED) is 0.179. The van der Waals surface area contributed by atoms with E-state index in [1.807, 2.05) is 30.3 Å². The van der Waals surface area contributed by atoms with E-state index in [-0.39, 0.29) is 5.91 Å². The topological polar surface area (TPSA) is 89.1 Å². The van der Waals surface area contributed by atoms with E-state index in [1.165, 1.54) is 0 Å². The fraction of sp³-hybridized carbons (Fsp3) is 0.438. The molecule has 0 aromatic heterocycles. The third-order valence-corrected chi connectivity index (χ3v) is 4.95. The van der Waals surface area contributed by atoms with Crippen molar-refractivity contribution in [1.29, 1.82) is 0 Å². The second-order valence-corrected chi connectivity index (χ2v) is 6.93. The summed E-state index contributed by atoms with van der Waals surface area (Å²) >= 11 is -0.811. The molecule has 0 radical (unpaired) electrons. The number of hydroxylamine groups is 1. The Morgan fingerprint density at radius 3 is 2.75 bits per heavy atom. The summed E-state index contributed by atoms with van der Waals surface area (Å²) in [6, 6.07) is 7.67. The monoisotopic (exact) mass is 356 g/mol. The Morgan fingerprint density at radius 1 is 1.29 bits per heavy atom. The molecule has 0 saturated carbocycles. The zero-order valence-electron chi connectivity index (χ0n) is 13.7. The lowest BCUT2D eigenvalue weighted by molar-refractivity contribution is -0.135.